The number of hydrogen-bond donors (Lipinski definition) is 1. The predicted molar refractivity (Wildman–Crippen MR) is 86.0 cm³/mol. The summed E-state index contributed by atoms with van der Waals surface area (Å²) in [5, 5.41) is 8.59. The highest BCUT2D eigenvalue weighted by Gasteiger charge is 2.29. The Labute approximate surface area is 139 Å². The van der Waals surface area contributed by atoms with E-state index in [1.807, 2.05) is 0 Å². The van der Waals surface area contributed by atoms with Gasteiger partial charge in [0.25, 0.3) is 10.0 Å². The van der Waals surface area contributed by atoms with Crippen molar-refractivity contribution in [1.82, 2.24) is 9.21 Å². The van der Waals surface area contributed by atoms with E-state index < -0.39 is 16.0 Å². The Kier molecular flexibility index (Phi) is 6.22. The number of thiophene rings is 1. The highest BCUT2D eigenvalue weighted by atomic mass is 35.5. The lowest BCUT2D eigenvalue weighted by atomic mass is 10.2. The molecule has 1 fully saturated rings. The molecule has 1 aliphatic heterocycles. The minimum atomic E-state index is -3.44. The van der Waals surface area contributed by atoms with Crippen molar-refractivity contribution in [3.05, 3.63) is 16.5 Å². The van der Waals surface area contributed by atoms with E-state index in [-0.39, 0.29) is 10.6 Å². The van der Waals surface area contributed by atoms with Gasteiger partial charge in [0, 0.05) is 32.6 Å². The second-order valence-corrected chi connectivity index (χ2v) is 9.03. The first-order valence-corrected chi connectivity index (χ1v) is 9.72. The summed E-state index contributed by atoms with van der Waals surface area (Å²) in [6, 6.07) is 3.14. The fraction of sp³-hybridized carbons (Fsp3) is 0.615. The Morgan fingerprint density at radius 1 is 1.23 bits per heavy atom. The van der Waals surface area contributed by atoms with Crippen molar-refractivity contribution in [2.75, 3.05) is 32.7 Å². The maximum atomic E-state index is 12.4. The van der Waals surface area contributed by atoms with Crippen molar-refractivity contribution in [2.24, 2.45) is 0 Å². The molecule has 0 unspecified atom stereocenters. The van der Waals surface area contributed by atoms with Gasteiger partial charge in [0.15, 0.2) is 0 Å². The van der Waals surface area contributed by atoms with Gasteiger partial charge < -0.3 is 10.0 Å². The first kappa shape index (κ1) is 17.7. The number of piperazine rings is 1. The zero-order chi connectivity index (χ0) is 16.2. The van der Waals surface area contributed by atoms with Crippen LogP contribution in [0, 0.1) is 0 Å². The summed E-state index contributed by atoms with van der Waals surface area (Å²) in [6.45, 7) is 3.07. The highest BCUT2D eigenvalue weighted by Crippen LogP contribution is 2.28. The van der Waals surface area contributed by atoms with Crippen LogP contribution in [0.1, 0.15) is 19.3 Å². The molecule has 0 bridgehead atoms. The van der Waals surface area contributed by atoms with Gasteiger partial charge in [-0.2, -0.15) is 4.31 Å². The number of halogens is 1. The Balaban J connectivity index is 1.80. The molecule has 0 radical (unpaired) electrons. The lowest BCUT2D eigenvalue weighted by molar-refractivity contribution is -0.137. The molecule has 1 aliphatic rings. The van der Waals surface area contributed by atoms with E-state index in [2.05, 4.69) is 4.90 Å². The molecule has 9 heteroatoms. The van der Waals surface area contributed by atoms with Crippen LogP contribution in [0.25, 0.3) is 0 Å². The zero-order valence-electron chi connectivity index (χ0n) is 12.1. The lowest BCUT2D eigenvalue weighted by Gasteiger charge is -2.33. The van der Waals surface area contributed by atoms with E-state index in [4.69, 9.17) is 16.7 Å². The van der Waals surface area contributed by atoms with Crippen LogP contribution in [0.15, 0.2) is 16.3 Å². The van der Waals surface area contributed by atoms with Gasteiger partial charge in [0.1, 0.15) is 4.21 Å². The average Bonchev–Trinajstić information content (AvgIpc) is 2.91. The number of unbranched alkanes of at least 4 members (excludes halogenated alkanes) is 1. The molecule has 1 aromatic rings. The van der Waals surface area contributed by atoms with Gasteiger partial charge >= 0.3 is 5.97 Å². The van der Waals surface area contributed by atoms with Crippen LogP contribution >= 0.6 is 22.9 Å². The Morgan fingerprint density at radius 2 is 1.91 bits per heavy atom. The molecule has 0 atom stereocenters. The number of rotatable bonds is 7. The number of carbonyl (C=O) groups is 1. The molecule has 1 saturated heterocycles. The largest absolute Gasteiger partial charge is 0.481 e. The Bertz CT molecular complexity index is 609. The van der Waals surface area contributed by atoms with Crippen molar-refractivity contribution in [2.45, 2.75) is 23.5 Å². The van der Waals surface area contributed by atoms with Crippen LogP contribution in [-0.4, -0.2) is 61.4 Å². The number of hydrogen-bond acceptors (Lipinski definition) is 5. The second-order valence-electron chi connectivity index (χ2n) is 5.16. The first-order valence-electron chi connectivity index (χ1n) is 7.09. The summed E-state index contributed by atoms with van der Waals surface area (Å²) >= 11 is 6.88. The molecule has 0 spiro atoms. The maximum absolute atomic E-state index is 12.4. The van der Waals surface area contributed by atoms with E-state index in [0.717, 1.165) is 24.3 Å². The topological polar surface area (TPSA) is 77.9 Å². The number of nitrogens with zero attached hydrogens (tertiary/aromatic N) is 2. The molecule has 0 aliphatic carbocycles. The van der Waals surface area contributed by atoms with Crippen LogP contribution in [-0.2, 0) is 14.8 Å². The van der Waals surface area contributed by atoms with Gasteiger partial charge in [0.05, 0.1) is 4.34 Å². The Hall–Kier alpha value is -0.670. The molecule has 22 heavy (non-hydrogen) atoms. The molecule has 0 saturated carbocycles. The van der Waals surface area contributed by atoms with Gasteiger partial charge in [-0.1, -0.05) is 11.6 Å². The molecule has 2 rings (SSSR count). The minimum Gasteiger partial charge on any atom is -0.481 e. The van der Waals surface area contributed by atoms with Gasteiger partial charge in [-0.05, 0) is 31.5 Å². The smallest absolute Gasteiger partial charge is 0.303 e. The van der Waals surface area contributed by atoms with E-state index >= 15 is 0 Å². The number of carboxylic acids is 1. The summed E-state index contributed by atoms with van der Waals surface area (Å²) < 4.78 is 27.1. The third-order valence-electron chi connectivity index (χ3n) is 3.59. The van der Waals surface area contributed by atoms with Crippen LogP contribution < -0.4 is 0 Å². The maximum Gasteiger partial charge on any atom is 0.303 e. The van der Waals surface area contributed by atoms with Crippen LogP contribution in [0.3, 0.4) is 0 Å². The Morgan fingerprint density at radius 3 is 2.45 bits per heavy atom. The van der Waals surface area contributed by atoms with E-state index in [9.17, 15) is 13.2 Å². The number of sulfonamides is 1. The first-order chi connectivity index (χ1) is 10.4. The van der Waals surface area contributed by atoms with Gasteiger partial charge in [-0.15, -0.1) is 11.3 Å². The molecular weight excluding hydrogens is 348 g/mol. The van der Waals surface area contributed by atoms with Gasteiger partial charge in [-0.25, -0.2) is 8.42 Å². The number of carboxylic acid groups (broad SMARTS) is 1. The molecule has 2 heterocycles. The molecule has 0 amide bonds. The third-order valence-corrected chi connectivity index (χ3v) is 7.19. The standard InChI is InChI=1S/C13H19ClN2O4S2/c14-11-4-5-13(21-11)22(19,20)16-9-7-15(8-10-16)6-2-1-3-12(17)18/h4-5H,1-3,6-10H2,(H,17,18). The minimum absolute atomic E-state index is 0.188. The SMILES string of the molecule is O=C(O)CCCCN1CCN(S(=O)(=O)c2ccc(Cl)s2)CC1. The summed E-state index contributed by atoms with van der Waals surface area (Å²) in [6.07, 6.45) is 1.66. The monoisotopic (exact) mass is 366 g/mol. The van der Waals surface area contributed by atoms with Gasteiger partial charge in [-0.3, -0.25) is 4.79 Å². The molecular formula is C13H19ClN2O4S2. The lowest BCUT2D eigenvalue weighted by Crippen LogP contribution is -2.48. The fourth-order valence-electron chi connectivity index (χ4n) is 2.37. The quantitative estimate of drug-likeness (QED) is 0.746. The van der Waals surface area contributed by atoms with E-state index in [1.165, 1.54) is 4.31 Å². The molecule has 1 N–H and O–H groups in total. The van der Waals surface area contributed by atoms with E-state index in [1.54, 1.807) is 12.1 Å². The van der Waals surface area contributed by atoms with Crippen LogP contribution in [0.4, 0.5) is 0 Å². The van der Waals surface area contributed by atoms with Crippen molar-refractivity contribution in [1.29, 1.82) is 0 Å². The second kappa shape index (κ2) is 7.74. The number of aliphatic carboxylic acids is 1. The average molecular weight is 367 g/mol. The van der Waals surface area contributed by atoms with Crippen LogP contribution in [0.2, 0.25) is 4.34 Å². The van der Waals surface area contributed by atoms with Crippen molar-refractivity contribution < 1.29 is 18.3 Å². The molecule has 0 aromatic carbocycles. The zero-order valence-corrected chi connectivity index (χ0v) is 14.5. The summed E-state index contributed by atoms with van der Waals surface area (Å²) in [7, 11) is -3.44. The summed E-state index contributed by atoms with van der Waals surface area (Å²) in [5.74, 6) is -0.773. The van der Waals surface area contributed by atoms with Gasteiger partial charge in [0.2, 0.25) is 0 Å². The third kappa shape index (κ3) is 4.66. The summed E-state index contributed by atoms with van der Waals surface area (Å²) in [5.41, 5.74) is 0. The van der Waals surface area contributed by atoms with Crippen molar-refractivity contribution in [3.63, 3.8) is 0 Å². The highest BCUT2D eigenvalue weighted by molar-refractivity contribution is 7.91. The van der Waals surface area contributed by atoms with Crippen molar-refractivity contribution >= 4 is 38.9 Å². The summed E-state index contributed by atoms with van der Waals surface area (Å²) in [4.78, 5) is 12.6. The predicted octanol–water partition coefficient (Wildman–Crippen LogP) is 1.96. The van der Waals surface area contributed by atoms with Crippen LogP contribution in [0.5, 0.6) is 0 Å². The molecule has 1 aromatic heterocycles. The molecule has 6 nitrogen and oxygen atoms in total. The van der Waals surface area contributed by atoms with E-state index in [0.29, 0.717) is 36.9 Å². The van der Waals surface area contributed by atoms with Crippen molar-refractivity contribution in [3.8, 4) is 0 Å². The molecule has 124 valence electrons. The normalized spacial score (nSPS) is 17.7. The fourth-order valence-corrected chi connectivity index (χ4v) is 5.43.